The lowest BCUT2D eigenvalue weighted by Gasteiger charge is -2.29. The van der Waals surface area contributed by atoms with Gasteiger partial charge in [-0.3, -0.25) is 14.0 Å². The number of rotatable bonds is 1. The Hall–Kier alpha value is -1.73. The minimum atomic E-state index is -0.505. The predicted octanol–water partition coefficient (Wildman–Crippen LogP) is 0.661. The number of aromatic nitrogens is 2. The first-order valence-corrected chi connectivity index (χ1v) is 7.39. The number of likely N-dealkylation sites (tertiary alicyclic amines) is 1. The molecule has 3 rings (SSSR count). The van der Waals surface area contributed by atoms with Crippen LogP contribution in [0, 0.1) is 6.92 Å². The summed E-state index contributed by atoms with van der Waals surface area (Å²) in [6.07, 6.45) is 2.29. The molecule has 0 saturated carbocycles. The van der Waals surface area contributed by atoms with E-state index in [-0.39, 0.29) is 23.6 Å². The fourth-order valence-corrected chi connectivity index (χ4v) is 3.31. The molecule has 6 nitrogen and oxygen atoms in total. The first-order chi connectivity index (χ1) is 9.58. The van der Waals surface area contributed by atoms with Crippen LogP contribution in [0.5, 0.6) is 0 Å². The van der Waals surface area contributed by atoms with Gasteiger partial charge in [0.15, 0.2) is 4.96 Å². The second kappa shape index (κ2) is 4.99. The number of nitrogens with zero attached hydrogens (tertiary/aromatic N) is 3. The van der Waals surface area contributed by atoms with E-state index < -0.39 is 6.10 Å². The van der Waals surface area contributed by atoms with Gasteiger partial charge in [0.25, 0.3) is 11.5 Å². The number of aryl methyl sites for hydroxylation is 1. The molecule has 7 heteroatoms. The standard InChI is InChI=1S/C13H15N3O3S/c1-8-7-20-13-14-5-10(12(19)16(8)13)11(18)15-4-2-3-9(17)6-15/h5,7,9,17H,2-4,6H2,1H3. The summed E-state index contributed by atoms with van der Waals surface area (Å²) >= 11 is 1.37. The van der Waals surface area contributed by atoms with Crippen molar-refractivity contribution in [1.82, 2.24) is 14.3 Å². The van der Waals surface area contributed by atoms with Crippen LogP contribution < -0.4 is 5.56 Å². The van der Waals surface area contributed by atoms with Crippen molar-refractivity contribution in [2.45, 2.75) is 25.9 Å². The van der Waals surface area contributed by atoms with Gasteiger partial charge >= 0.3 is 0 Å². The number of thiazole rings is 1. The number of hydrogen-bond acceptors (Lipinski definition) is 5. The summed E-state index contributed by atoms with van der Waals surface area (Å²) < 4.78 is 1.46. The Labute approximate surface area is 119 Å². The monoisotopic (exact) mass is 293 g/mol. The number of aliphatic hydroxyl groups is 1. The van der Waals surface area contributed by atoms with Crippen LogP contribution in [0.3, 0.4) is 0 Å². The van der Waals surface area contributed by atoms with Crippen molar-refractivity contribution < 1.29 is 9.90 Å². The molecule has 1 saturated heterocycles. The van der Waals surface area contributed by atoms with Crippen LogP contribution in [-0.2, 0) is 0 Å². The van der Waals surface area contributed by atoms with E-state index in [0.717, 1.165) is 12.1 Å². The van der Waals surface area contributed by atoms with Gasteiger partial charge in [-0.05, 0) is 19.8 Å². The molecule has 0 aliphatic carbocycles. The maximum atomic E-state index is 12.4. The van der Waals surface area contributed by atoms with Crippen LogP contribution in [0.15, 0.2) is 16.4 Å². The molecule has 1 fully saturated rings. The fraction of sp³-hybridized carbons (Fsp3) is 0.462. The summed E-state index contributed by atoms with van der Waals surface area (Å²) in [5.41, 5.74) is 0.507. The summed E-state index contributed by atoms with van der Waals surface area (Å²) in [6, 6.07) is 0. The molecule has 2 aromatic heterocycles. The van der Waals surface area contributed by atoms with Crippen molar-refractivity contribution in [3.63, 3.8) is 0 Å². The molecular weight excluding hydrogens is 278 g/mol. The summed E-state index contributed by atoms with van der Waals surface area (Å²) in [5, 5.41) is 11.5. The van der Waals surface area contributed by atoms with Crippen LogP contribution in [0.4, 0.5) is 0 Å². The molecule has 1 unspecified atom stereocenters. The summed E-state index contributed by atoms with van der Waals surface area (Å²) in [7, 11) is 0. The van der Waals surface area contributed by atoms with Gasteiger partial charge in [-0.2, -0.15) is 0 Å². The second-order valence-electron chi connectivity index (χ2n) is 5.02. The topological polar surface area (TPSA) is 74.9 Å². The van der Waals surface area contributed by atoms with Crippen LogP contribution in [0.1, 0.15) is 28.9 Å². The van der Waals surface area contributed by atoms with E-state index in [2.05, 4.69) is 4.98 Å². The molecule has 0 spiro atoms. The van der Waals surface area contributed by atoms with Gasteiger partial charge in [-0.1, -0.05) is 0 Å². The quantitative estimate of drug-likeness (QED) is 0.838. The molecule has 20 heavy (non-hydrogen) atoms. The molecule has 1 aliphatic heterocycles. The Morgan fingerprint density at radius 1 is 1.55 bits per heavy atom. The molecule has 0 radical (unpaired) electrons. The molecule has 1 N–H and O–H groups in total. The largest absolute Gasteiger partial charge is 0.391 e. The molecule has 3 heterocycles. The zero-order chi connectivity index (χ0) is 14.3. The fourth-order valence-electron chi connectivity index (χ4n) is 2.48. The molecule has 0 bridgehead atoms. The van der Waals surface area contributed by atoms with E-state index in [1.54, 1.807) is 0 Å². The highest BCUT2D eigenvalue weighted by Gasteiger charge is 2.25. The van der Waals surface area contributed by atoms with Gasteiger partial charge in [0, 0.05) is 30.4 Å². The predicted molar refractivity (Wildman–Crippen MR) is 75.2 cm³/mol. The van der Waals surface area contributed by atoms with Crippen LogP contribution in [0.25, 0.3) is 4.96 Å². The zero-order valence-electron chi connectivity index (χ0n) is 11.1. The first kappa shape index (κ1) is 13.3. The Morgan fingerprint density at radius 2 is 2.35 bits per heavy atom. The minimum absolute atomic E-state index is 0.0677. The lowest BCUT2D eigenvalue weighted by atomic mass is 10.1. The highest BCUT2D eigenvalue weighted by atomic mass is 32.1. The average molecular weight is 293 g/mol. The Morgan fingerprint density at radius 3 is 3.10 bits per heavy atom. The maximum absolute atomic E-state index is 12.4. The lowest BCUT2D eigenvalue weighted by molar-refractivity contribution is 0.0472. The van der Waals surface area contributed by atoms with Gasteiger partial charge in [0.05, 0.1) is 6.10 Å². The highest BCUT2D eigenvalue weighted by molar-refractivity contribution is 7.15. The molecule has 106 valence electrons. The third kappa shape index (κ3) is 2.12. The van der Waals surface area contributed by atoms with E-state index in [1.807, 2.05) is 12.3 Å². The van der Waals surface area contributed by atoms with Crippen LogP contribution >= 0.6 is 11.3 Å². The molecule has 1 amide bonds. The minimum Gasteiger partial charge on any atom is -0.391 e. The van der Waals surface area contributed by atoms with Gasteiger partial charge in [-0.15, -0.1) is 11.3 Å². The second-order valence-corrected chi connectivity index (χ2v) is 5.86. The summed E-state index contributed by atoms with van der Waals surface area (Å²) in [4.78, 5) is 31.1. The molecule has 1 aliphatic rings. The van der Waals surface area contributed by atoms with Crippen molar-refractivity contribution >= 4 is 22.2 Å². The Balaban J connectivity index is 2.01. The van der Waals surface area contributed by atoms with Crippen molar-refractivity contribution in [2.75, 3.05) is 13.1 Å². The maximum Gasteiger partial charge on any atom is 0.271 e. The van der Waals surface area contributed by atoms with Gasteiger partial charge in [0.2, 0.25) is 0 Å². The molecule has 2 aromatic rings. The Kier molecular flexibility index (Phi) is 3.31. The zero-order valence-corrected chi connectivity index (χ0v) is 11.9. The molecule has 1 atom stereocenters. The van der Waals surface area contributed by atoms with E-state index >= 15 is 0 Å². The van der Waals surface area contributed by atoms with E-state index in [0.29, 0.717) is 17.9 Å². The van der Waals surface area contributed by atoms with Crippen molar-refractivity contribution in [3.05, 3.63) is 33.2 Å². The number of β-amino-alcohol motifs (C(OH)–C–C–N with tert-alkyl or cyclic N) is 1. The third-order valence-electron chi connectivity index (χ3n) is 3.53. The molecular formula is C13H15N3O3S. The highest BCUT2D eigenvalue weighted by Crippen LogP contribution is 2.14. The van der Waals surface area contributed by atoms with Crippen molar-refractivity contribution in [3.8, 4) is 0 Å². The SMILES string of the molecule is Cc1csc2ncc(C(=O)N3CCCC(O)C3)c(=O)n12. The summed E-state index contributed by atoms with van der Waals surface area (Å²) in [6.45, 7) is 2.66. The summed E-state index contributed by atoms with van der Waals surface area (Å²) in [5.74, 6) is -0.346. The van der Waals surface area contributed by atoms with Gasteiger partial charge in [0.1, 0.15) is 5.56 Å². The van der Waals surface area contributed by atoms with E-state index in [1.165, 1.54) is 26.8 Å². The van der Waals surface area contributed by atoms with Gasteiger partial charge in [-0.25, -0.2) is 4.98 Å². The number of carbonyl (C=O) groups excluding carboxylic acids is 1. The first-order valence-electron chi connectivity index (χ1n) is 6.51. The average Bonchev–Trinajstić information content (AvgIpc) is 2.81. The smallest absolute Gasteiger partial charge is 0.271 e. The third-order valence-corrected chi connectivity index (χ3v) is 4.49. The number of carbonyl (C=O) groups is 1. The number of amides is 1. The number of piperidine rings is 1. The van der Waals surface area contributed by atoms with Crippen molar-refractivity contribution in [2.24, 2.45) is 0 Å². The Bertz CT molecular complexity index is 721. The van der Waals surface area contributed by atoms with Gasteiger partial charge < -0.3 is 10.0 Å². The number of hydrogen-bond donors (Lipinski definition) is 1. The van der Waals surface area contributed by atoms with Crippen LogP contribution in [0.2, 0.25) is 0 Å². The van der Waals surface area contributed by atoms with E-state index in [4.69, 9.17) is 0 Å². The van der Waals surface area contributed by atoms with Crippen molar-refractivity contribution in [1.29, 1.82) is 0 Å². The van der Waals surface area contributed by atoms with E-state index in [9.17, 15) is 14.7 Å². The number of aliphatic hydroxyl groups excluding tert-OH is 1. The molecule has 0 aromatic carbocycles. The van der Waals surface area contributed by atoms with Crippen LogP contribution in [-0.4, -0.2) is 44.5 Å². The normalized spacial score (nSPS) is 19.5. The lowest BCUT2D eigenvalue weighted by Crippen LogP contribution is -2.44. The number of fused-ring (bicyclic) bond motifs is 1.